The van der Waals surface area contributed by atoms with E-state index >= 15 is 0 Å². The summed E-state index contributed by atoms with van der Waals surface area (Å²) in [4.78, 5) is 28.2. The molecule has 6 heteroatoms. The summed E-state index contributed by atoms with van der Waals surface area (Å²) in [6, 6.07) is 4.26. The van der Waals surface area contributed by atoms with Crippen molar-refractivity contribution < 1.29 is 9.18 Å². The van der Waals surface area contributed by atoms with Crippen LogP contribution in [0, 0.1) is 5.82 Å². The minimum Gasteiger partial charge on any atom is -0.363 e. The first-order chi connectivity index (χ1) is 12.1. The van der Waals surface area contributed by atoms with Crippen molar-refractivity contribution in [1.82, 2.24) is 9.47 Å². The fourth-order valence-electron chi connectivity index (χ4n) is 4.50. The zero-order chi connectivity index (χ0) is 17.3. The van der Waals surface area contributed by atoms with E-state index in [1.165, 1.54) is 6.07 Å². The molecule has 0 amide bonds. The molecule has 2 aliphatic heterocycles. The van der Waals surface area contributed by atoms with E-state index in [4.69, 9.17) is 0 Å². The number of aldehydes is 1. The van der Waals surface area contributed by atoms with E-state index in [1.54, 1.807) is 6.20 Å². The Balaban J connectivity index is 1.69. The lowest BCUT2D eigenvalue weighted by Gasteiger charge is -2.34. The van der Waals surface area contributed by atoms with Gasteiger partial charge >= 0.3 is 0 Å². The predicted octanol–water partition coefficient (Wildman–Crippen LogP) is 2.18. The van der Waals surface area contributed by atoms with Crippen molar-refractivity contribution in [2.75, 3.05) is 25.0 Å². The fourth-order valence-corrected chi connectivity index (χ4v) is 4.50. The van der Waals surface area contributed by atoms with Gasteiger partial charge in [-0.15, -0.1) is 0 Å². The monoisotopic (exact) mass is 341 g/mol. The molecule has 0 N–H and O–H groups in total. The van der Waals surface area contributed by atoms with E-state index in [0.717, 1.165) is 37.9 Å². The van der Waals surface area contributed by atoms with Crippen LogP contribution in [0.3, 0.4) is 0 Å². The average molecular weight is 341 g/mol. The minimum absolute atomic E-state index is 0.105. The van der Waals surface area contributed by atoms with E-state index in [0.29, 0.717) is 35.5 Å². The molecule has 1 aromatic heterocycles. The lowest BCUT2D eigenvalue weighted by molar-refractivity contribution is 0.112. The van der Waals surface area contributed by atoms with Crippen LogP contribution in [0.5, 0.6) is 0 Å². The van der Waals surface area contributed by atoms with Gasteiger partial charge in [-0.2, -0.15) is 0 Å². The van der Waals surface area contributed by atoms with Gasteiger partial charge in [-0.3, -0.25) is 14.5 Å². The topological polar surface area (TPSA) is 45.6 Å². The molecule has 1 aliphatic carbocycles. The highest BCUT2D eigenvalue weighted by molar-refractivity contribution is 5.88. The maximum atomic E-state index is 14.9. The maximum Gasteiger partial charge on any atom is 0.199 e. The van der Waals surface area contributed by atoms with E-state index in [2.05, 4.69) is 16.8 Å². The van der Waals surface area contributed by atoms with E-state index < -0.39 is 0 Å². The molecule has 3 fully saturated rings. The van der Waals surface area contributed by atoms with Crippen LogP contribution in [0.25, 0.3) is 10.9 Å². The summed E-state index contributed by atoms with van der Waals surface area (Å²) in [5.74, 6) is -0.370. The molecule has 0 spiro atoms. The summed E-state index contributed by atoms with van der Waals surface area (Å²) in [6.07, 6.45) is 5.33. The highest BCUT2D eigenvalue weighted by atomic mass is 19.1. The summed E-state index contributed by atoms with van der Waals surface area (Å²) in [5, 5.41) is 0.305. The molecule has 2 bridgehead atoms. The van der Waals surface area contributed by atoms with Crippen molar-refractivity contribution >= 4 is 22.9 Å². The van der Waals surface area contributed by atoms with Crippen molar-refractivity contribution in [3.63, 3.8) is 0 Å². The molecule has 130 valence electrons. The number of anilines is 1. The lowest BCUT2D eigenvalue weighted by atomic mass is 10.1. The molecular formula is C19H20FN3O2. The van der Waals surface area contributed by atoms with Gasteiger partial charge in [0.25, 0.3) is 0 Å². The van der Waals surface area contributed by atoms with Gasteiger partial charge in [0.05, 0.1) is 16.8 Å². The summed E-state index contributed by atoms with van der Waals surface area (Å²) in [7, 11) is 2.12. The number of carbonyl (C=O) groups is 1. The van der Waals surface area contributed by atoms with Crippen molar-refractivity contribution in [1.29, 1.82) is 0 Å². The first-order valence-corrected chi connectivity index (χ1v) is 8.87. The quantitative estimate of drug-likeness (QED) is 0.803. The first kappa shape index (κ1) is 15.1. The third kappa shape index (κ3) is 2.16. The number of halogens is 1. The Bertz CT molecular complexity index is 948. The Morgan fingerprint density at radius 3 is 2.56 bits per heavy atom. The molecular weight excluding hydrogens is 321 g/mol. The van der Waals surface area contributed by atoms with Crippen LogP contribution in [0.15, 0.2) is 23.1 Å². The molecule has 1 saturated carbocycles. The van der Waals surface area contributed by atoms with Gasteiger partial charge in [0.2, 0.25) is 0 Å². The number of pyridine rings is 1. The molecule has 5 nitrogen and oxygen atoms in total. The molecule has 0 unspecified atom stereocenters. The third-order valence-electron chi connectivity index (χ3n) is 6.02. The Labute approximate surface area is 144 Å². The highest BCUT2D eigenvalue weighted by Crippen LogP contribution is 2.40. The molecule has 5 rings (SSSR count). The molecule has 1 aromatic carbocycles. The third-order valence-corrected chi connectivity index (χ3v) is 6.02. The van der Waals surface area contributed by atoms with Crippen molar-refractivity contribution in [2.45, 2.75) is 37.4 Å². The van der Waals surface area contributed by atoms with Gasteiger partial charge in [-0.05, 0) is 38.4 Å². The lowest BCUT2D eigenvalue weighted by Crippen LogP contribution is -2.44. The van der Waals surface area contributed by atoms with E-state index in [1.807, 2.05) is 10.6 Å². The molecule has 3 heterocycles. The highest BCUT2D eigenvalue weighted by Gasteiger charge is 2.42. The number of benzene rings is 1. The second-order valence-electron chi connectivity index (χ2n) is 7.63. The molecule has 3 aliphatic rings. The van der Waals surface area contributed by atoms with Crippen LogP contribution < -0.4 is 10.3 Å². The number of hydrogen-bond donors (Lipinski definition) is 0. The number of nitrogens with zero attached hydrogens (tertiary/aromatic N) is 3. The Morgan fingerprint density at radius 2 is 1.96 bits per heavy atom. The van der Waals surface area contributed by atoms with Crippen LogP contribution in [0.1, 0.15) is 35.7 Å². The average Bonchev–Trinajstić information content (AvgIpc) is 3.27. The van der Waals surface area contributed by atoms with Crippen LogP contribution in [-0.2, 0) is 0 Å². The van der Waals surface area contributed by atoms with Crippen molar-refractivity contribution in [3.8, 4) is 0 Å². The number of fused-ring (bicyclic) bond motifs is 3. The zero-order valence-electron chi connectivity index (χ0n) is 14.1. The number of aromatic nitrogens is 1. The molecule has 2 saturated heterocycles. The summed E-state index contributed by atoms with van der Waals surface area (Å²) < 4.78 is 16.9. The normalized spacial score (nSPS) is 25.9. The van der Waals surface area contributed by atoms with Crippen LogP contribution in [0.4, 0.5) is 10.1 Å². The number of carbonyl (C=O) groups excluding carboxylic acids is 1. The van der Waals surface area contributed by atoms with E-state index in [9.17, 15) is 14.0 Å². The molecule has 2 aromatic rings. The van der Waals surface area contributed by atoms with Gasteiger partial charge in [0.15, 0.2) is 11.7 Å². The van der Waals surface area contributed by atoms with Crippen LogP contribution in [-0.4, -0.2) is 48.0 Å². The minimum atomic E-state index is -0.380. The second kappa shape index (κ2) is 5.14. The number of rotatable bonds is 3. The summed E-state index contributed by atoms with van der Waals surface area (Å²) in [5.41, 5.74) is 1.05. The van der Waals surface area contributed by atoms with Crippen molar-refractivity contribution in [2.24, 2.45) is 0 Å². The standard InChI is InChI=1S/C19H20FN3O2/c1-21-8-14-4-13(21)9-23(14)18-6-17-15(5-16(18)20)19(25)11(10-24)7-22(17)12-2-3-12/h5-7,10,12-14H,2-4,8-9H2,1H3/t13-,14-/m0/s1. The first-order valence-electron chi connectivity index (χ1n) is 8.87. The fraction of sp³-hybridized carbons (Fsp3) is 0.474. The summed E-state index contributed by atoms with van der Waals surface area (Å²) >= 11 is 0. The molecule has 0 radical (unpaired) electrons. The Kier molecular flexibility index (Phi) is 3.10. The summed E-state index contributed by atoms with van der Waals surface area (Å²) in [6.45, 7) is 1.77. The smallest absolute Gasteiger partial charge is 0.199 e. The van der Waals surface area contributed by atoms with Crippen LogP contribution >= 0.6 is 0 Å². The number of likely N-dealkylation sites (tertiary alicyclic amines) is 1. The Morgan fingerprint density at radius 1 is 1.16 bits per heavy atom. The number of likely N-dealkylation sites (N-methyl/N-ethyl adjacent to an activating group) is 1. The van der Waals surface area contributed by atoms with Gasteiger partial charge in [-0.25, -0.2) is 4.39 Å². The largest absolute Gasteiger partial charge is 0.363 e. The predicted molar refractivity (Wildman–Crippen MR) is 94.0 cm³/mol. The second-order valence-corrected chi connectivity index (χ2v) is 7.63. The Hall–Kier alpha value is -2.21. The SMILES string of the molecule is CN1C[C@@H]2C[C@H]1CN2c1cc2c(cc1F)c(=O)c(C=O)cn2C1CC1. The van der Waals surface area contributed by atoms with Gasteiger partial charge in [0.1, 0.15) is 5.82 Å². The number of piperazine rings is 1. The number of hydrogen-bond acceptors (Lipinski definition) is 4. The van der Waals surface area contributed by atoms with Crippen molar-refractivity contribution in [3.05, 3.63) is 39.9 Å². The van der Waals surface area contributed by atoms with Gasteiger partial charge < -0.3 is 9.47 Å². The van der Waals surface area contributed by atoms with Crippen LogP contribution in [0.2, 0.25) is 0 Å². The molecule has 25 heavy (non-hydrogen) atoms. The maximum absolute atomic E-state index is 14.9. The van der Waals surface area contributed by atoms with E-state index in [-0.39, 0.29) is 16.8 Å². The van der Waals surface area contributed by atoms with Gasteiger partial charge in [0, 0.05) is 42.8 Å². The molecule has 2 atom stereocenters. The zero-order valence-corrected chi connectivity index (χ0v) is 14.1. The van der Waals surface area contributed by atoms with Gasteiger partial charge in [-0.1, -0.05) is 0 Å².